The van der Waals surface area contributed by atoms with Crippen molar-refractivity contribution in [3.8, 4) is 5.75 Å². The third-order valence-corrected chi connectivity index (χ3v) is 4.28. The van der Waals surface area contributed by atoms with Crippen molar-refractivity contribution in [1.29, 1.82) is 0 Å². The average Bonchev–Trinajstić information content (AvgIpc) is 3.22. The van der Waals surface area contributed by atoms with Crippen molar-refractivity contribution in [3.05, 3.63) is 53.6 Å². The van der Waals surface area contributed by atoms with E-state index in [4.69, 9.17) is 4.74 Å². The van der Waals surface area contributed by atoms with Crippen molar-refractivity contribution in [2.45, 2.75) is 33.4 Å². The number of hydrogen-bond donors (Lipinski definition) is 1. The van der Waals surface area contributed by atoms with Crippen LogP contribution in [0.3, 0.4) is 0 Å². The number of nitrogens with zero attached hydrogens (tertiary/aromatic N) is 4. The van der Waals surface area contributed by atoms with Crippen LogP contribution in [-0.4, -0.2) is 24.4 Å². The van der Waals surface area contributed by atoms with Crippen molar-refractivity contribution >= 4 is 23.3 Å². The smallest absolute Gasteiger partial charge is 0.255 e. The summed E-state index contributed by atoms with van der Waals surface area (Å²) in [6.07, 6.45) is 3.45. The van der Waals surface area contributed by atoms with E-state index in [1.807, 2.05) is 27.0 Å². The van der Waals surface area contributed by atoms with E-state index in [0.717, 1.165) is 11.4 Å². The molecule has 0 aliphatic rings. The standard InChI is InChI=1S/C17H19N5O2S/c1-11(2)22-9-14(8-18-22)19-17(23)13-4-6-15(7-5-13)24-10-16-12(3)20-25-21-16/h4-9,11H,10H2,1-3H3,(H,19,23). The maximum atomic E-state index is 12.3. The lowest BCUT2D eigenvalue weighted by Crippen LogP contribution is -2.11. The number of ether oxygens (including phenoxy) is 1. The fraction of sp³-hybridized carbons (Fsp3) is 0.294. The highest BCUT2D eigenvalue weighted by Gasteiger charge is 2.09. The Balaban J connectivity index is 1.59. The Kier molecular flexibility index (Phi) is 5.08. The number of carbonyl (C=O) groups is 1. The van der Waals surface area contributed by atoms with E-state index in [2.05, 4.69) is 19.2 Å². The molecule has 1 N–H and O–H groups in total. The monoisotopic (exact) mass is 357 g/mol. The summed E-state index contributed by atoms with van der Waals surface area (Å²) in [7, 11) is 0. The third-order valence-electron chi connectivity index (χ3n) is 3.63. The summed E-state index contributed by atoms with van der Waals surface area (Å²) >= 11 is 1.17. The van der Waals surface area contributed by atoms with Gasteiger partial charge in [-0.15, -0.1) is 0 Å². The third kappa shape index (κ3) is 4.21. The lowest BCUT2D eigenvalue weighted by Gasteiger charge is -2.07. The highest BCUT2D eigenvalue weighted by Crippen LogP contribution is 2.17. The first-order valence-electron chi connectivity index (χ1n) is 7.89. The Labute approximate surface area is 150 Å². The molecule has 1 amide bonds. The number of benzene rings is 1. The highest BCUT2D eigenvalue weighted by molar-refractivity contribution is 6.99. The first-order valence-corrected chi connectivity index (χ1v) is 8.62. The number of rotatable bonds is 6. The number of aromatic nitrogens is 4. The van der Waals surface area contributed by atoms with Crippen LogP contribution >= 0.6 is 11.7 Å². The van der Waals surface area contributed by atoms with Crippen molar-refractivity contribution in [1.82, 2.24) is 18.5 Å². The number of amides is 1. The summed E-state index contributed by atoms with van der Waals surface area (Å²) in [5.41, 5.74) is 2.93. The molecule has 8 heteroatoms. The van der Waals surface area contributed by atoms with Crippen LogP contribution in [0.15, 0.2) is 36.7 Å². The van der Waals surface area contributed by atoms with E-state index in [0.29, 0.717) is 23.6 Å². The summed E-state index contributed by atoms with van der Waals surface area (Å²) in [6.45, 7) is 6.32. The summed E-state index contributed by atoms with van der Waals surface area (Å²) in [6, 6.07) is 7.23. The molecule has 0 saturated heterocycles. The molecule has 7 nitrogen and oxygen atoms in total. The molecule has 2 heterocycles. The lowest BCUT2D eigenvalue weighted by atomic mass is 10.2. The van der Waals surface area contributed by atoms with Crippen molar-refractivity contribution in [2.75, 3.05) is 5.32 Å². The summed E-state index contributed by atoms with van der Waals surface area (Å²) < 4.78 is 15.7. The molecule has 0 saturated carbocycles. The molecule has 0 unspecified atom stereocenters. The summed E-state index contributed by atoms with van der Waals surface area (Å²) in [4.78, 5) is 12.3. The molecule has 130 valence electrons. The minimum Gasteiger partial charge on any atom is -0.487 e. The number of hydrogen-bond acceptors (Lipinski definition) is 6. The fourth-order valence-electron chi connectivity index (χ4n) is 2.12. The van der Waals surface area contributed by atoms with Crippen LogP contribution < -0.4 is 10.1 Å². The molecule has 1 aromatic carbocycles. The van der Waals surface area contributed by atoms with Gasteiger partial charge in [-0.05, 0) is 45.0 Å². The van der Waals surface area contributed by atoms with Gasteiger partial charge in [-0.25, -0.2) is 0 Å². The molecule has 0 radical (unpaired) electrons. The number of anilines is 1. The van der Waals surface area contributed by atoms with Crippen LogP contribution in [0.4, 0.5) is 5.69 Å². The van der Waals surface area contributed by atoms with Crippen molar-refractivity contribution in [2.24, 2.45) is 0 Å². The number of aryl methyl sites for hydroxylation is 1. The topological polar surface area (TPSA) is 81.9 Å². The summed E-state index contributed by atoms with van der Waals surface area (Å²) in [5, 5.41) is 7.04. The molecule has 0 spiro atoms. The molecule has 3 aromatic rings. The van der Waals surface area contributed by atoms with E-state index in [1.54, 1.807) is 35.1 Å². The Morgan fingerprint density at radius 3 is 2.64 bits per heavy atom. The SMILES string of the molecule is Cc1nsnc1COc1ccc(C(=O)Nc2cnn(C(C)C)c2)cc1. The van der Waals surface area contributed by atoms with Crippen LogP contribution in [0.2, 0.25) is 0 Å². The fourth-order valence-corrected chi connectivity index (χ4v) is 2.68. The molecule has 2 aromatic heterocycles. The van der Waals surface area contributed by atoms with Crippen molar-refractivity contribution < 1.29 is 9.53 Å². The largest absolute Gasteiger partial charge is 0.487 e. The van der Waals surface area contributed by atoms with Gasteiger partial charge in [-0.3, -0.25) is 9.48 Å². The quantitative estimate of drug-likeness (QED) is 0.730. The molecule has 3 rings (SSSR count). The Bertz CT molecular complexity index is 854. The van der Waals surface area contributed by atoms with Gasteiger partial charge in [0.05, 0.1) is 29.3 Å². The lowest BCUT2D eigenvalue weighted by molar-refractivity contribution is 0.102. The van der Waals surface area contributed by atoms with E-state index >= 15 is 0 Å². The molecule has 0 aliphatic carbocycles. The van der Waals surface area contributed by atoms with Crippen LogP contribution in [0.1, 0.15) is 41.6 Å². The zero-order chi connectivity index (χ0) is 17.8. The van der Waals surface area contributed by atoms with Crippen LogP contribution in [0.25, 0.3) is 0 Å². The molecular formula is C17H19N5O2S. The molecule has 0 bridgehead atoms. The first-order chi connectivity index (χ1) is 12.0. The van der Waals surface area contributed by atoms with Gasteiger partial charge in [-0.1, -0.05) is 0 Å². The molecule has 0 aliphatic heterocycles. The van der Waals surface area contributed by atoms with Crippen molar-refractivity contribution in [3.63, 3.8) is 0 Å². The molecule has 0 atom stereocenters. The predicted molar refractivity (Wildman–Crippen MR) is 96.0 cm³/mol. The van der Waals surface area contributed by atoms with Gasteiger partial charge < -0.3 is 10.1 Å². The average molecular weight is 357 g/mol. The summed E-state index contributed by atoms with van der Waals surface area (Å²) in [5.74, 6) is 0.492. The zero-order valence-electron chi connectivity index (χ0n) is 14.3. The van der Waals surface area contributed by atoms with Gasteiger partial charge in [0.1, 0.15) is 18.1 Å². The number of carbonyl (C=O) groups excluding carboxylic acids is 1. The maximum Gasteiger partial charge on any atom is 0.255 e. The second-order valence-corrected chi connectivity index (χ2v) is 6.39. The Hall–Kier alpha value is -2.74. The zero-order valence-corrected chi connectivity index (χ0v) is 15.1. The first kappa shape index (κ1) is 17.1. The molecule has 0 fully saturated rings. The van der Waals surface area contributed by atoms with Crippen LogP contribution in [0, 0.1) is 6.92 Å². The van der Waals surface area contributed by atoms with E-state index in [-0.39, 0.29) is 11.9 Å². The Morgan fingerprint density at radius 2 is 2.04 bits per heavy atom. The van der Waals surface area contributed by atoms with E-state index in [9.17, 15) is 4.79 Å². The minimum absolute atomic E-state index is 0.186. The minimum atomic E-state index is -0.186. The highest BCUT2D eigenvalue weighted by atomic mass is 32.1. The predicted octanol–water partition coefficient (Wildman–Crippen LogP) is 3.46. The van der Waals surface area contributed by atoms with Gasteiger partial charge in [0.25, 0.3) is 5.91 Å². The van der Waals surface area contributed by atoms with E-state index < -0.39 is 0 Å². The van der Waals surface area contributed by atoms with Gasteiger partial charge in [0.2, 0.25) is 0 Å². The number of nitrogens with one attached hydrogen (secondary N) is 1. The van der Waals surface area contributed by atoms with Gasteiger partial charge in [-0.2, -0.15) is 13.8 Å². The molecule has 25 heavy (non-hydrogen) atoms. The second kappa shape index (κ2) is 7.43. The second-order valence-electron chi connectivity index (χ2n) is 5.87. The van der Waals surface area contributed by atoms with Gasteiger partial charge in [0.15, 0.2) is 0 Å². The Morgan fingerprint density at radius 1 is 1.28 bits per heavy atom. The van der Waals surface area contributed by atoms with E-state index in [1.165, 1.54) is 11.7 Å². The van der Waals surface area contributed by atoms with Gasteiger partial charge >= 0.3 is 0 Å². The maximum absolute atomic E-state index is 12.3. The normalized spacial score (nSPS) is 10.9. The molecular weight excluding hydrogens is 338 g/mol. The van der Waals surface area contributed by atoms with Crippen LogP contribution in [-0.2, 0) is 6.61 Å². The van der Waals surface area contributed by atoms with Gasteiger partial charge in [0, 0.05) is 17.8 Å². The van der Waals surface area contributed by atoms with Crippen LogP contribution in [0.5, 0.6) is 5.75 Å².